The molecule has 1 fully saturated rings. The standard InChI is InChI=1S/C17H15NO4/c19-14-6-11(5-12(7-14)17(20)18-13-2-3-13)10-1-4-15-16(8-10)22-9-21-15/h1,4-8,13,19H,2-3,9H2,(H,18,20). The number of phenolic OH excluding ortho intramolecular Hbond substituents is 1. The second-order valence-electron chi connectivity index (χ2n) is 5.58. The molecule has 2 aromatic rings. The minimum Gasteiger partial charge on any atom is -0.508 e. The molecule has 5 heteroatoms. The largest absolute Gasteiger partial charge is 0.508 e. The van der Waals surface area contributed by atoms with Crippen LogP contribution in [0.1, 0.15) is 23.2 Å². The summed E-state index contributed by atoms with van der Waals surface area (Å²) in [6.45, 7) is 0.216. The Balaban J connectivity index is 1.68. The number of aromatic hydroxyl groups is 1. The predicted octanol–water partition coefficient (Wildman–Crippen LogP) is 2.68. The van der Waals surface area contributed by atoms with Gasteiger partial charge in [0, 0.05) is 11.6 Å². The van der Waals surface area contributed by atoms with Crippen LogP contribution in [0.3, 0.4) is 0 Å². The van der Waals surface area contributed by atoms with Crippen LogP contribution in [-0.4, -0.2) is 23.8 Å². The Morgan fingerprint density at radius 2 is 1.86 bits per heavy atom. The summed E-state index contributed by atoms with van der Waals surface area (Å²) in [4.78, 5) is 12.2. The SMILES string of the molecule is O=C(NC1CC1)c1cc(O)cc(-c2ccc3c(c2)OCO3)c1. The Bertz CT molecular complexity index is 752. The van der Waals surface area contributed by atoms with Gasteiger partial charge in [0.05, 0.1) is 0 Å². The molecule has 22 heavy (non-hydrogen) atoms. The first kappa shape index (κ1) is 13.0. The van der Waals surface area contributed by atoms with Crippen molar-refractivity contribution in [2.45, 2.75) is 18.9 Å². The van der Waals surface area contributed by atoms with Gasteiger partial charge in [-0.1, -0.05) is 6.07 Å². The van der Waals surface area contributed by atoms with Gasteiger partial charge in [-0.15, -0.1) is 0 Å². The molecule has 1 saturated carbocycles. The van der Waals surface area contributed by atoms with Crippen molar-refractivity contribution in [1.82, 2.24) is 5.32 Å². The van der Waals surface area contributed by atoms with Crippen molar-refractivity contribution in [1.29, 1.82) is 0 Å². The molecule has 0 atom stereocenters. The van der Waals surface area contributed by atoms with E-state index in [1.165, 1.54) is 6.07 Å². The number of hydrogen-bond acceptors (Lipinski definition) is 4. The normalized spacial score (nSPS) is 15.6. The van der Waals surface area contributed by atoms with Crippen LogP contribution in [0.2, 0.25) is 0 Å². The number of amides is 1. The van der Waals surface area contributed by atoms with Crippen LogP contribution in [0.5, 0.6) is 17.2 Å². The first-order valence-electron chi connectivity index (χ1n) is 7.24. The zero-order valence-electron chi connectivity index (χ0n) is 11.8. The molecule has 4 rings (SSSR count). The second-order valence-corrected chi connectivity index (χ2v) is 5.58. The molecule has 1 aliphatic carbocycles. The maximum absolute atomic E-state index is 12.2. The van der Waals surface area contributed by atoms with Gasteiger partial charge in [0.1, 0.15) is 5.75 Å². The zero-order valence-corrected chi connectivity index (χ0v) is 11.8. The molecule has 0 unspecified atom stereocenters. The van der Waals surface area contributed by atoms with Crippen LogP contribution >= 0.6 is 0 Å². The van der Waals surface area contributed by atoms with Crippen LogP contribution in [0.25, 0.3) is 11.1 Å². The van der Waals surface area contributed by atoms with Crippen molar-refractivity contribution in [3.05, 3.63) is 42.0 Å². The number of carbonyl (C=O) groups is 1. The highest BCUT2D eigenvalue weighted by Gasteiger charge is 2.24. The van der Waals surface area contributed by atoms with E-state index in [-0.39, 0.29) is 24.5 Å². The Kier molecular flexibility index (Phi) is 2.92. The van der Waals surface area contributed by atoms with Crippen molar-refractivity contribution < 1.29 is 19.4 Å². The van der Waals surface area contributed by atoms with E-state index in [2.05, 4.69) is 5.32 Å². The van der Waals surface area contributed by atoms with Gasteiger partial charge in [-0.25, -0.2) is 0 Å². The molecule has 1 amide bonds. The highest BCUT2D eigenvalue weighted by molar-refractivity contribution is 5.96. The molecule has 0 aromatic heterocycles. The molecular weight excluding hydrogens is 282 g/mol. The number of benzene rings is 2. The Hall–Kier alpha value is -2.69. The molecule has 0 radical (unpaired) electrons. The number of carbonyl (C=O) groups excluding carboxylic acids is 1. The fourth-order valence-corrected chi connectivity index (χ4v) is 2.48. The average molecular weight is 297 g/mol. The molecule has 5 nitrogen and oxygen atoms in total. The molecule has 112 valence electrons. The van der Waals surface area contributed by atoms with Gasteiger partial charge in [0.2, 0.25) is 6.79 Å². The lowest BCUT2D eigenvalue weighted by atomic mass is 10.0. The van der Waals surface area contributed by atoms with Gasteiger partial charge in [-0.2, -0.15) is 0 Å². The summed E-state index contributed by atoms with van der Waals surface area (Å²) >= 11 is 0. The number of hydrogen-bond donors (Lipinski definition) is 2. The lowest BCUT2D eigenvalue weighted by Crippen LogP contribution is -2.25. The second kappa shape index (κ2) is 4.94. The van der Waals surface area contributed by atoms with Gasteiger partial charge in [-0.3, -0.25) is 4.79 Å². The Labute approximate surface area is 127 Å². The molecule has 0 bridgehead atoms. The number of nitrogens with one attached hydrogen (secondary N) is 1. The van der Waals surface area contributed by atoms with E-state index in [9.17, 15) is 9.90 Å². The van der Waals surface area contributed by atoms with Crippen molar-refractivity contribution in [3.8, 4) is 28.4 Å². The summed E-state index contributed by atoms with van der Waals surface area (Å²) in [5.41, 5.74) is 2.08. The van der Waals surface area contributed by atoms with E-state index in [0.29, 0.717) is 17.1 Å². The summed E-state index contributed by atoms with van der Waals surface area (Å²) in [7, 11) is 0. The maximum Gasteiger partial charge on any atom is 0.251 e. The Morgan fingerprint density at radius 1 is 1.05 bits per heavy atom. The molecule has 2 N–H and O–H groups in total. The van der Waals surface area contributed by atoms with Crippen LogP contribution in [0.15, 0.2) is 36.4 Å². The van der Waals surface area contributed by atoms with Gasteiger partial charge in [0.25, 0.3) is 5.91 Å². The molecular formula is C17H15NO4. The molecule has 2 aromatic carbocycles. The molecule has 1 aliphatic heterocycles. The number of phenols is 1. The number of fused-ring (bicyclic) bond motifs is 1. The van der Waals surface area contributed by atoms with E-state index in [1.54, 1.807) is 12.1 Å². The minimum absolute atomic E-state index is 0.0658. The van der Waals surface area contributed by atoms with E-state index in [0.717, 1.165) is 24.0 Å². The zero-order chi connectivity index (χ0) is 15.1. The van der Waals surface area contributed by atoms with Crippen LogP contribution in [-0.2, 0) is 0 Å². The third-order valence-corrected chi connectivity index (χ3v) is 3.80. The van der Waals surface area contributed by atoms with Crippen molar-refractivity contribution in [2.75, 3.05) is 6.79 Å². The quantitative estimate of drug-likeness (QED) is 0.914. The Morgan fingerprint density at radius 3 is 2.68 bits per heavy atom. The first-order valence-corrected chi connectivity index (χ1v) is 7.24. The van der Waals surface area contributed by atoms with Crippen LogP contribution < -0.4 is 14.8 Å². The number of rotatable bonds is 3. The van der Waals surface area contributed by atoms with E-state index in [1.807, 2.05) is 18.2 Å². The highest BCUT2D eigenvalue weighted by atomic mass is 16.7. The number of ether oxygens (including phenoxy) is 2. The van der Waals surface area contributed by atoms with Crippen molar-refractivity contribution in [2.24, 2.45) is 0 Å². The van der Waals surface area contributed by atoms with Gasteiger partial charge in [-0.05, 0) is 54.3 Å². The van der Waals surface area contributed by atoms with E-state index < -0.39 is 0 Å². The van der Waals surface area contributed by atoms with E-state index >= 15 is 0 Å². The van der Waals surface area contributed by atoms with Crippen LogP contribution in [0, 0.1) is 0 Å². The summed E-state index contributed by atoms with van der Waals surface area (Å²) in [6, 6.07) is 10.7. The smallest absolute Gasteiger partial charge is 0.251 e. The van der Waals surface area contributed by atoms with Gasteiger partial charge >= 0.3 is 0 Å². The highest BCUT2D eigenvalue weighted by Crippen LogP contribution is 2.37. The monoisotopic (exact) mass is 297 g/mol. The average Bonchev–Trinajstić information content (AvgIpc) is 3.20. The molecule has 2 aliphatic rings. The maximum atomic E-state index is 12.2. The van der Waals surface area contributed by atoms with Crippen LogP contribution in [0.4, 0.5) is 0 Å². The lowest BCUT2D eigenvalue weighted by Gasteiger charge is -2.08. The summed E-state index contributed by atoms with van der Waals surface area (Å²) in [6.07, 6.45) is 2.05. The molecule has 0 spiro atoms. The summed E-state index contributed by atoms with van der Waals surface area (Å²) in [5, 5.41) is 12.8. The fraction of sp³-hybridized carbons (Fsp3) is 0.235. The minimum atomic E-state index is -0.152. The van der Waals surface area contributed by atoms with Crippen molar-refractivity contribution in [3.63, 3.8) is 0 Å². The van der Waals surface area contributed by atoms with E-state index in [4.69, 9.17) is 9.47 Å². The van der Waals surface area contributed by atoms with Gasteiger partial charge in [0.15, 0.2) is 11.5 Å². The predicted molar refractivity (Wildman–Crippen MR) is 80.2 cm³/mol. The summed E-state index contributed by atoms with van der Waals surface area (Å²) in [5.74, 6) is 1.29. The first-order chi connectivity index (χ1) is 10.7. The third-order valence-electron chi connectivity index (χ3n) is 3.80. The van der Waals surface area contributed by atoms with Gasteiger partial charge < -0.3 is 19.9 Å². The fourth-order valence-electron chi connectivity index (χ4n) is 2.48. The summed E-state index contributed by atoms with van der Waals surface area (Å²) < 4.78 is 10.7. The lowest BCUT2D eigenvalue weighted by molar-refractivity contribution is 0.0950. The molecule has 0 saturated heterocycles. The topological polar surface area (TPSA) is 67.8 Å². The van der Waals surface area contributed by atoms with Crippen molar-refractivity contribution >= 4 is 5.91 Å². The third kappa shape index (κ3) is 2.45. The molecule has 1 heterocycles.